The summed E-state index contributed by atoms with van der Waals surface area (Å²) in [5.41, 5.74) is -0.626. The molecule has 0 aliphatic rings. The zero-order valence-electron chi connectivity index (χ0n) is 10.1. The molecular weight excluding hydrogens is 241 g/mol. The molecule has 7 heteroatoms. The molecule has 0 fully saturated rings. The van der Waals surface area contributed by atoms with E-state index < -0.39 is 16.6 Å². The molecule has 18 heavy (non-hydrogen) atoms. The second kappa shape index (κ2) is 5.95. The summed E-state index contributed by atoms with van der Waals surface area (Å²) in [4.78, 5) is 21.7. The molecule has 0 radical (unpaired) electrons. The minimum Gasteiger partial charge on any atom is -0.382 e. The molecule has 0 aliphatic carbocycles. The highest BCUT2D eigenvalue weighted by molar-refractivity contribution is 5.96. The number of nitrogens with zero attached hydrogens (tertiary/aromatic N) is 1. The molecule has 0 aliphatic heterocycles. The number of hydrogen-bond acceptors (Lipinski definition) is 4. The summed E-state index contributed by atoms with van der Waals surface area (Å²) in [5, 5.41) is 15.8. The summed E-state index contributed by atoms with van der Waals surface area (Å²) < 4.78 is 13.6. The van der Waals surface area contributed by atoms with Gasteiger partial charge in [-0.25, -0.2) is 4.39 Å². The number of rotatable bonds is 5. The maximum Gasteiger partial charge on any atom is 0.293 e. The summed E-state index contributed by atoms with van der Waals surface area (Å²) in [7, 11) is 1.44. The van der Waals surface area contributed by atoms with Gasteiger partial charge in [0.2, 0.25) is 0 Å². The van der Waals surface area contributed by atoms with E-state index >= 15 is 0 Å². The zero-order chi connectivity index (χ0) is 13.7. The fraction of sp³-hybridized carbons (Fsp3) is 0.364. The van der Waals surface area contributed by atoms with E-state index in [-0.39, 0.29) is 16.9 Å². The lowest BCUT2D eigenvalue weighted by Crippen LogP contribution is -2.25. The van der Waals surface area contributed by atoms with Gasteiger partial charge in [0.25, 0.3) is 11.6 Å². The lowest BCUT2D eigenvalue weighted by Gasteiger charge is -2.07. The van der Waals surface area contributed by atoms with Crippen LogP contribution in [0.2, 0.25) is 0 Å². The monoisotopic (exact) mass is 255 g/mol. The van der Waals surface area contributed by atoms with E-state index in [2.05, 4.69) is 10.6 Å². The standard InChI is InChI=1S/C11H14FN3O3/c1-3-4-14-11(16)7-5-10(15(17)18)9(13-2)6-8(7)12/h5-6,13H,3-4H2,1-2H3,(H,14,16). The van der Waals surface area contributed by atoms with Gasteiger partial charge in [-0.3, -0.25) is 14.9 Å². The molecule has 0 saturated heterocycles. The number of carbonyl (C=O) groups excluding carboxylic acids is 1. The molecule has 0 atom stereocenters. The highest BCUT2D eigenvalue weighted by Crippen LogP contribution is 2.27. The van der Waals surface area contributed by atoms with E-state index in [1.165, 1.54) is 7.05 Å². The van der Waals surface area contributed by atoms with Crippen molar-refractivity contribution in [2.45, 2.75) is 13.3 Å². The molecule has 98 valence electrons. The molecule has 1 aromatic carbocycles. The molecule has 1 amide bonds. The number of hydrogen-bond donors (Lipinski definition) is 2. The predicted octanol–water partition coefficient (Wildman–Crippen LogP) is 1.92. The van der Waals surface area contributed by atoms with Crippen LogP contribution in [0.15, 0.2) is 12.1 Å². The van der Waals surface area contributed by atoms with Crippen LogP contribution >= 0.6 is 0 Å². The van der Waals surface area contributed by atoms with Crippen LogP contribution in [-0.2, 0) is 0 Å². The lowest BCUT2D eigenvalue weighted by atomic mass is 10.1. The van der Waals surface area contributed by atoms with Gasteiger partial charge in [0, 0.05) is 25.7 Å². The molecular formula is C11H14FN3O3. The van der Waals surface area contributed by atoms with Gasteiger partial charge in [-0.15, -0.1) is 0 Å². The molecule has 0 aromatic heterocycles. The van der Waals surface area contributed by atoms with E-state index in [1.807, 2.05) is 6.92 Å². The molecule has 0 saturated carbocycles. The van der Waals surface area contributed by atoms with E-state index in [0.29, 0.717) is 13.0 Å². The minimum atomic E-state index is -0.793. The fourth-order valence-corrected chi connectivity index (χ4v) is 1.42. The predicted molar refractivity (Wildman–Crippen MR) is 65.2 cm³/mol. The summed E-state index contributed by atoms with van der Waals surface area (Å²) in [6.07, 6.45) is 0.698. The van der Waals surface area contributed by atoms with Crippen molar-refractivity contribution in [3.8, 4) is 0 Å². The van der Waals surface area contributed by atoms with Gasteiger partial charge in [-0.05, 0) is 6.42 Å². The Hall–Kier alpha value is -2.18. The highest BCUT2D eigenvalue weighted by Gasteiger charge is 2.21. The molecule has 1 rings (SSSR count). The van der Waals surface area contributed by atoms with Gasteiger partial charge >= 0.3 is 0 Å². The molecule has 0 heterocycles. The number of nitro benzene ring substituents is 1. The summed E-state index contributed by atoms with van der Waals surface area (Å²) in [6, 6.07) is 1.88. The van der Waals surface area contributed by atoms with Gasteiger partial charge < -0.3 is 10.6 Å². The molecule has 2 N–H and O–H groups in total. The Labute approximate surface area is 103 Å². The number of anilines is 1. The Morgan fingerprint density at radius 3 is 2.67 bits per heavy atom. The van der Waals surface area contributed by atoms with Crippen LogP contribution < -0.4 is 10.6 Å². The number of amides is 1. The van der Waals surface area contributed by atoms with Crippen LogP contribution in [0.3, 0.4) is 0 Å². The largest absolute Gasteiger partial charge is 0.382 e. The van der Waals surface area contributed by atoms with E-state index in [0.717, 1.165) is 12.1 Å². The highest BCUT2D eigenvalue weighted by atomic mass is 19.1. The van der Waals surface area contributed by atoms with Crippen molar-refractivity contribution in [1.82, 2.24) is 5.32 Å². The first-order chi connectivity index (χ1) is 8.51. The smallest absolute Gasteiger partial charge is 0.293 e. The van der Waals surface area contributed by atoms with E-state index in [4.69, 9.17) is 0 Å². The maximum absolute atomic E-state index is 13.6. The van der Waals surface area contributed by atoms with E-state index in [9.17, 15) is 19.3 Å². The summed E-state index contributed by atoms with van der Waals surface area (Å²) in [6.45, 7) is 2.24. The van der Waals surface area contributed by atoms with Crippen molar-refractivity contribution in [3.05, 3.63) is 33.6 Å². The molecule has 6 nitrogen and oxygen atoms in total. The Balaban J connectivity index is 3.17. The molecule has 0 unspecified atom stereocenters. The van der Waals surface area contributed by atoms with Gasteiger partial charge in [0.15, 0.2) is 0 Å². The average Bonchev–Trinajstić information content (AvgIpc) is 2.34. The summed E-state index contributed by atoms with van der Waals surface area (Å²) in [5.74, 6) is -1.45. The molecule has 0 spiro atoms. The quantitative estimate of drug-likeness (QED) is 0.621. The second-order valence-electron chi connectivity index (χ2n) is 3.61. The van der Waals surface area contributed by atoms with Gasteiger partial charge in [-0.1, -0.05) is 6.92 Å². The average molecular weight is 255 g/mol. The normalized spacial score (nSPS) is 9.94. The van der Waals surface area contributed by atoms with Gasteiger partial charge in [-0.2, -0.15) is 0 Å². The maximum atomic E-state index is 13.6. The Morgan fingerprint density at radius 2 is 2.17 bits per heavy atom. The van der Waals surface area contributed by atoms with Gasteiger partial charge in [0.05, 0.1) is 10.5 Å². The SMILES string of the molecule is CCCNC(=O)c1cc([N+](=O)[O-])c(NC)cc1F. The van der Waals surface area contributed by atoms with Crippen molar-refractivity contribution >= 4 is 17.3 Å². The number of benzene rings is 1. The molecule has 0 bridgehead atoms. The fourth-order valence-electron chi connectivity index (χ4n) is 1.42. The molecule has 1 aromatic rings. The third-order valence-electron chi connectivity index (χ3n) is 2.33. The topological polar surface area (TPSA) is 84.3 Å². The lowest BCUT2D eigenvalue weighted by molar-refractivity contribution is -0.384. The third kappa shape index (κ3) is 2.93. The van der Waals surface area contributed by atoms with Crippen molar-refractivity contribution in [3.63, 3.8) is 0 Å². The first kappa shape index (κ1) is 13.9. The van der Waals surface area contributed by atoms with Crippen LogP contribution in [0.5, 0.6) is 0 Å². The van der Waals surface area contributed by atoms with Crippen molar-refractivity contribution < 1.29 is 14.1 Å². The number of nitrogens with one attached hydrogen (secondary N) is 2. The van der Waals surface area contributed by atoms with Crippen LogP contribution in [-0.4, -0.2) is 24.4 Å². The minimum absolute atomic E-state index is 0.0320. The first-order valence-corrected chi connectivity index (χ1v) is 5.45. The third-order valence-corrected chi connectivity index (χ3v) is 2.33. The zero-order valence-corrected chi connectivity index (χ0v) is 10.1. The van der Waals surface area contributed by atoms with Crippen LogP contribution in [0, 0.1) is 15.9 Å². The number of carbonyl (C=O) groups is 1. The van der Waals surface area contributed by atoms with Crippen molar-refractivity contribution in [1.29, 1.82) is 0 Å². The van der Waals surface area contributed by atoms with Crippen LogP contribution in [0.1, 0.15) is 23.7 Å². The number of nitro groups is 1. The van der Waals surface area contributed by atoms with Crippen LogP contribution in [0.4, 0.5) is 15.8 Å². The Morgan fingerprint density at radius 1 is 1.50 bits per heavy atom. The first-order valence-electron chi connectivity index (χ1n) is 5.45. The van der Waals surface area contributed by atoms with Crippen LogP contribution in [0.25, 0.3) is 0 Å². The van der Waals surface area contributed by atoms with E-state index in [1.54, 1.807) is 0 Å². The second-order valence-corrected chi connectivity index (χ2v) is 3.61. The van der Waals surface area contributed by atoms with Gasteiger partial charge in [0.1, 0.15) is 11.5 Å². The Bertz CT molecular complexity index is 477. The van der Waals surface area contributed by atoms with Crippen molar-refractivity contribution in [2.75, 3.05) is 18.9 Å². The van der Waals surface area contributed by atoms with Crippen molar-refractivity contribution in [2.24, 2.45) is 0 Å². The Kier molecular flexibility index (Phi) is 4.59. The summed E-state index contributed by atoms with van der Waals surface area (Å²) >= 11 is 0. The number of halogens is 1.